The zero-order chi connectivity index (χ0) is 19.1. The number of rotatable bonds is 5. The Morgan fingerprint density at radius 1 is 1.12 bits per heavy atom. The van der Waals surface area contributed by atoms with E-state index in [2.05, 4.69) is 31.8 Å². The van der Waals surface area contributed by atoms with Gasteiger partial charge in [0.1, 0.15) is 5.75 Å². The molecule has 9 heteroatoms. The van der Waals surface area contributed by atoms with Gasteiger partial charge < -0.3 is 19.9 Å². The molecule has 0 atom stereocenters. The first-order chi connectivity index (χ1) is 12.4. The summed E-state index contributed by atoms with van der Waals surface area (Å²) in [5.41, 5.74) is 3.11. The Morgan fingerprint density at radius 3 is 2.42 bits per heavy atom. The average molecular weight is 422 g/mol. The lowest BCUT2D eigenvalue weighted by atomic mass is 10.2. The zero-order valence-corrected chi connectivity index (χ0v) is 15.5. The number of methoxy groups -OCH3 is 2. The minimum absolute atomic E-state index is 0.0486. The highest BCUT2D eigenvalue weighted by atomic mass is 79.9. The third-order valence-electron chi connectivity index (χ3n) is 3.20. The van der Waals surface area contributed by atoms with Gasteiger partial charge in [0.2, 0.25) is 0 Å². The van der Waals surface area contributed by atoms with Gasteiger partial charge in [0, 0.05) is 5.69 Å². The highest BCUT2D eigenvalue weighted by Crippen LogP contribution is 2.34. The standard InChI is InChI=1S/C17H16BrN3O5/c1-25-12-5-3-11(4-6-12)20-16(23)17(24)21-19-9-10-7-13(18)15(22)14(8-10)26-2/h3-9,22H,1-2H3,(H,20,23)(H,21,24)/b19-9-. The molecule has 0 aliphatic heterocycles. The summed E-state index contributed by atoms with van der Waals surface area (Å²) < 4.78 is 10.4. The summed E-state index contributed by atoms with van der Waals surface area (Å²) in [6, 6.07) is 9.61. The van der Waals surface area contributed by atoms with Crippen molar-refractivity contribution in [1.82, 2.24) is 5.43 Å². The molecule has 2 rings (SSSR count). The summed E-state index contributed by atoms with van der Waals surface area (Å²) in [6.07, 6.45) is 1.31. The van der Waals surface area contributed by atoms with E-state index < -0.39 is 11.8 Å². The molecule has 2 amide bonds. The molecular formula is C17H16BrN3O5. The zero-order valence-electron chi connectivity index (χ0n) is 13.9. The molecule has 0 aliphatic rings. The maximum Gasteiger partial charge on any atom is 0.329 e. The minimum atomic E-state index is -0.929. The van der Waals surface area contributed by atoms with Crippen LogP contribution in [0.5, 0.6) is 17.2 Å². The number of aromatic hydroxyl groups is 1. The average Bonchev–Trinajstić information content (AvgIpc) is 2.64. The van der Waals surface area contributed by atoms with Crippen molar-refractivity contribution in [3.63, 3.8) is 0 Å². The fourth-order valence-electron chi connectivity index (χ4n) is 1.90. The van der Waals surface area contributed by atoms with Gasteiger partial charge in [-0.15, -0.1) is 0 Å². The summed E-state index contributed by atoms with van der Waals surface area (Å²) >= 11 is 3.18. The molecule has 0 heterocycles. The Bertz CT molecular complexity index is 837. The van der Waals surface area contributed by atoms with E-state index in [9.17, 15) is 14.7 Å². The van der Waals surface area contributed by atoms with Crippen LogP contribution >= 0.6 is 15.9 Å². The molecule has 0 aromatic heterocycles. The van der Waals surface area contributed by atoms with Gasteiger partial charge in [-0.05, 0) is 57.9 Å². The SMILES string of the molecule is COc1ccc(NC(=O)C(=O)N/N=C\c2cc(Br)c(O)c(OC)c2)cc1. The number of hydrogen-bond donors (Lipinski definition) is 3. The van der Waals surface area contributed by atoms with Crippen molar-refractivity contribution >= 4 is 39.6 Å². The number of ether oxygens (including phenoxy) is 2. The molecule has 136 valence electrons. The number of amides is 2. The van der Waals surface area contributed by atoms with Gasteiger partial charge in [-0.25, -0.2) is 5.43 Å². The fraction of sp³-hybridized carbons (Fsp3) is 0.118. The Hall–Kier alpha value is -3.07. The molecule has 0 radical (unpaired) electrons. The number of halogens is 1. The number of carbonyl (C=O) groups excluding carboxylic acids is 2. The molecule has 8 nitrogen and oxygen atoms in total. The van der Waals surface area contributed by atoms with Gasteiger partial charge in [0.25, 0.3) is 0 Å². The second kappa shape index (κ2) is 8.86. The number of benzene rings is 2. The number of nitrogens with one attached hydrogen (secondary N) is 2. The van der Waals surface area contributed by atoms with Gasteiger partial charge in [0.05, 0.1) is 24.9 Å². The van der Waals surface area contributed by atoms with Crippen LogP contribution in [0.3, 0.4) is 0 Å². The summed E-state index contributed by atoms with van der Waals surface area (Å²) in [5.74, 6) is -0.969. The molecule has 2 aromatic rings. The summed E-state index contributed by atoms with van der Waals surface area (Å²) in [6.45, 7) is 0. The second-order valence-corrected chi connectivity index (χ2v) is 5.79. The van der Waals surface area contributed by atoms with Crippen LogP contribution in [-0.4, -0.2) is 37.4 Å². The highest BCUT2D eigenvalue weighted by molar-refractivity contribution is 9.10. The summed E-state index contributed by atoms with van der Waals surface area (Å²) in [5, 5.41) is 15.9. The first-order valence-corrected chi connectivity index (χ1v) is 8.09. The van der Waals surface area contributed by atoms with E-state index >= 15 is 0 Å². The van der Waals surface area contributed by atoms with Gasteiger partial charge in [-0.3, -0.25) is 9.59 Å². The number of hydrogen-bond acceptors (Lipinski definition) is 6. The van der Waals surface area contributed by atoms with Crippen molar-refractivity contribution in [2.24, 2.45) is 5.10 Å². The molecule has 0 fully saturated rings. The van der Waals surface area contributed by atoms with Crippen LogP contribution < -0.4 is 20.2 Å². The Balaban J connectivity index is 1.95. The van der Waals surface area contributed by atoms with Gasteiger partial charge in [-0.2, -0.15) is 5.10 Å². The molecule has 0 bridgehead atoms. The lowest BCUT2D eigenvalue weighted by molar-refractivity contribution is -0.136. The summed E-state index contributed by atoms with van der Waals surface area (Å²) in [4.78, 5) is 23.6. The van der Waals surface area contributed by atoms with Crippen molar-refractivity contribution in [3.8, 4) is 17.2 Å². The number of phenols is 1. The van der Waals surface area contributed by atoms with Crippen LogP contribution in [0.1, 0.15) is 5.56 Å². The Labute approximate surface area is 157 Å². The molecule has 0 spiro atoms. The molecule has 0 saturated carbocycles. The van der Waals surface area contributed by atoms with E-state index in [1.807, 2.05) is 0 Å². The Morgan fingerprint density at radius 2 is 1.81 bits per heavy atom. The monoisotopic (exact) mass is 421 g/mol. The molecular weight excluding hydrogens is 406 g/mol. The second-order valence-electron chi connectivity index (χ2n) is 4.94. The van der Waals surface area contributed by atoms with Crippen LogP contribution in [0, 0.1) is 0 Å². The van der Waals surface area contributed by atoms with E-state index in [0.29, 0.717) is 21.5 Å². The normalized spacial score (nSPS) is 10.4. The predicted molar refractivity (Wildman–Crippen MR) is 99.7 cm³/mol. The van der Waals surface area contributed by atoms with Crippen molar-refractivity contribution in [3.05, 3.63) is 46.4 Å². The largest absolute Gasteiger partial charge is 0.503 e. The third kappa shape index (κ3) is 4.96. The minimum Gasteiger partial charge on any atom is -0.503 e. The third-order valence-corrected chi connectivity index (χ3v) is 3.81. The van der Waals surface area contributed by atoms with Crippen LogP contribution in [0.4, 0.5) is 5.69 Å². The van der Waals surface area contributed by atoms with E-state index in [0.717, 1.165) is 0 Å². The lowest BCUT2D eigenvalue weighted by Gasteiger charge is -2.06. The van der Waals surface area contributed by atoms with Crippen molar-refractivity contribution < 1.29 is 24.2 Å². The van der Waals surface area contributed by atoms with E-state index in [4.69, 9.17) is 9.47 Å². The number of anilines is 1. The molecule has 0 saturated heterocycles. The highest BCUT2D eigenvalue weighted by Gasteiger charge is 2.13. The fourth-order valence-corrected chi connectivity index (χ4v) is 2.36. The van der Waals surface area contributed by atoms with Crippen molar-refractivity contribution in [2.75, 3.05) is 19.5 Å². The van der Waals surface area contributed by atoms with Crippen LogP contribution in [-0.2, 0) is 9.59 Å². The smallest absolute Gasteiger partial charge is 0.329 e. The number of carbonyl (C=O) groups is 2. The predicted octanol–water partition coefficient (Wildman–Crippen LogP) is 2.26. The molecule has 3 N–H and O–H groups in total. The molecule has 0 unspecified atom stereocenters. The number of phenolic OH excluding ortho intramolecular Hbond substituents is 1. The van der Waals surface area contributed by atoms with E-state index in [1.54, 1.807) is 30.3 Å². The van der Waals surface area contributed by atoms with Crippen LogP contribution in [0.25, 0.3) is 0 Å². The van der Waals surface area contributed by atoms with Gasteiger partial charge >= 0.3 is 11.8 Å². The Kier molecular flexibility index (Phi) is 6.56. The quantitative estimate of drug-likeness (QED) is 0.389. The number of hydrazone groups is 1. The van der Waals surface area contributed by atoms with Gasteiger partial charge in [0.15, 0.2) is 11.5 Å². The first kappa shape index (κ1) is 19.3. The first-order valence-electron chi connectivity index (χ1n) is 7.29. The van der Waals surface area contributed by atoms with E-state index in [1.165, 1.54) is 26.5 Å². The molecule has 0 aliphatic carbocycles. The van der Waals surface area contributed by atoms with Crippen molar-refractivity contribution in [1.29, 1.82) is 0 Å². The van der Waals surface area contributed by atoms with Crippen LogP contribution in [0.15, 0.2) is 46.0 Å². The summed E-state index contributed by atoms with van der Waals surface area (Å²) in [7, 11) is 2.94. The van der Waals surface area contributed by atoms with E-state index in [-0.39, 0.29) is 11.5 Å². The lowest BCUT2D eigenvalue weighted by Crippen LogP contribution is -2.32. The van der Waals surface area contributed by atoms with Crippen molar-refractivity contribution in [2.45, 2.75) is 0 Å². The topological polar surface area (TPSA) is 109 Å². The van der Waals surface area contributed by atoms with Crippen LogP contribution in [0.2, 0.25) is 0 Å². The van der Waals surface area contributed by atoms with Gasteiger partial charge in [-0.1, -0.05) is 0 Å². The number of nitrogens with zero attached hydrogens (tertiary/aromatic N) is 1. The molecule has 26 heavy (non-hydrogen) atoms. The maximum atomic E-state index is 11.8. The maximum absolute atomic E-state index is 11.8. The molecule has 2 aromatic carbocycles.